The molecule has 5 nitrogen and oxygen atoms in total. The second kappa shape index (κ2) is 8.05. The van der Waals surface area contributed by atoms with Crippen LogP contribution >= 0.6 is 0 Å². The number of ketones is 1. The first-order valence-electron chi connectivity index (χ1n) is 8.55. The second-order valence-electron chi connectivity index (χ2n) is 6.33. The summed E-state index contributed by atoms with van der Waals surface area (Å²) < 4.78 is 5.32. The molecule has 1 saturated heterocycles. The minimum atomic E-state index is -0.0849. The van der Waals surface area contributed by atoms with Crippen molar-refractivity contribution in [2.75, 3.05) is 38.2 Å². The van der Waals surface area contributed by atoms with Crippen LogP contribution in [0.4, 0.5) is 5.69 Å². The van der Waals surface area contributed by atoms with Gasteiger partial charge in [0, 0.05) is 11.1 Å². The van der Waals surface area contributed by atoms with E-state index in [2.05, 4.69) is 5.32 Å². The third kappa shape index (κ3) is 4.53. The molecule has 1 fully saturated rings. The average Bonchev–Trinajstić information content (AvgIpc) is 2.64. The molecule has 1 aliphatic rings. The molecule has 0 aromatic heterocycles. The van der Waals surface area contributed by atoms with Crippen LogP contribution in [0.3, 0.4) is 0 Å². The van der Waals surface area contributed by atoms with Gasteiger partial charge in [0.25, 0.3) is 5.91 Å². The van der Waals surface area contributed by atoms with Crippen molar-refractivity contribution in [2.45, 2.75) is 6.92 Å². The van der Waals surface area contributed by atoms with E-state index in [-0.39, 0.29) is 11.7 Å². The summed E-state index contributed by atoms with van der Waals surface area (Å²) in [7, 11) is 0. The Morgan fingerprint density at radius 2 is 1.80 bits per heavy atom. The molecule has 5 heteroatoms. The van der Waals surface area contributed by atoms with Gasteiger partial charge in [-0.1, -0.05) is 42.0 Å². The number of anilines is 1. The van der Waals surface area contributed by atoms with Crippen LogP contribution in [0.2, 0.25) is 0 Å². The Balaban J connectivity index is 1.77. The molecule has 3 rings (SSSR count). The zero-order valence-corrected chi connectivity index (χ0v) is 14.4. The number of morpholine rings is 1. The number of hydrogen-bond acceptors (Lipinski definition) is 3. The van der Waals surface area contributed by atoms with E-state index in [0.717, 1.165) is 18.7 Å². The molecule has 0 bridgehead atoms. The molecule has 2 aromatic carbocycles. The van der Waals surface area contributed by atoms with Gasteiger partial charge in [0.1, 0.15) is 13.1 Å². The van der Waals surface area contributed by atoms with E-state index in [0.29, 0.717) is 36.6 Å². The fourth-order valence-electron chi connectivity index (χ4n) is 2.96. The van der Waals surface area contributed by atoms with Gasteiger partial charge in [0.15, 0.2) is 12.3 Å². The van der Waals surface area contributed by atoms with Gasteiger partial charge in [-0.2, -0.15) is 0 Å². The van der Waals surface area contributed by atoms with E-state index < -0.39 is 0 Å². The molecule has 0 saturated carbocycles. The fourth-order valence-corrected chi connectivity index (χ4v) is 2.96. The Kier molecular flexibility index (Phi) is 5.58. The Morgan fingerprint density at radius 1 is 1.08 bits per heavy atom. The zero-order valence-electron chi connectivity index (χ0n) is 14.4. The number of rotatable bonds is 5. The van der Waals surface area contributed by atoms with Crippen LogP contribution in [-0.2, 0) is 9.53 Å². The summed E-state index contributed by atoms with van der Waals surface area (Å²) in [5.74, 6) is -0.166. The molecule has 1 heterocycles. The van der Waals surface area contributed by atoms with Crippen LogP contribution in [0.5, 0.6) is 0 Å². The number of carbonyl (C=O) groups is 2. The summed E-state index contributed by atoms with van der Waals surface area (Å²) in [4.78, 5) is 26.4. The molecule has 25 heavy (non-hydrogen) atoms. The van der Waals surface area contributed by atoms with E-state index in [1.165, 1.54) is 4.90 Å². The number of quaternary nitrogens is 1. The summed E-state index contributed by atoms with van der Waals surface area (Å²) in [5.41, 5.74) is 2.69. The maximum atomic E-state index is 12.8. The van der Waals surface area contributed by atoms with Crippen LogP contribution < -0.4 is 10.2 Å². The normalized spacial score (nSPS) is 14.9. The van der Waals surface area contributed by atoms with E-state index >= 15 is 0 Å². The van der Waals surface area contributed by atoms with Crippen molar-refractivity contribution in [3.63, 3.8) is 0 Å². The predicted molar refractivity (Wildman–Crippen MR) is 96.1 cm³/mol. The number of carbonyl (C=O) groups excluding carboxylic acids is 2. The fraction of sp³-hybridized carbons (Fsp3) is 0.300. The van der Waals surface area contributed by atoms with Crippen LogP contribution in [0.15, 0.2) is 48.5 Å². The lowest BCUT2D eigenvalue weighted by Gasteiger charge is -2.23. The maximum Gasteiger partial charge on any atom is 0.279 e. The quantitative estimate of drug-likeness (QED) is 0.802. The van der Waals surface area contributed by atoms with Crippen LogP contribution in [-0.4, -0.2) is 44.5 Å². The Morgan fingerprint density at radius 3 is 2.52 bits per heavy atom. The predicted octanol–water partition coefficient (Wildman–Crippen LogP) is 1.08. The standard InChI is InChI=1S/C20H22N2O3/c1-15-7-8-18(21-19(23)14-22-9-11-25-12-10-22)17(13-15)20(24)16-5-3-2-4-6-16/h2-8,13H,9-12,14H2,1H3,(H,21,23)/p+1. The van der Waals surface area contributed by atoms with Gasteiger partial charge in [-0.3, -0.25) is 9.59 Å². The molecule has 0 radical (unpaired) electrons. The van der Waals surface area contributed by atoms with Crippen molar-refractivity contribution in [1.82, 2.24) is 0 Å². The molecule has 2 N–H and O–H groups in total. The summed E-state index contributed by atoms with van der Waals surface area (Å²) in [6.07, 6.45) is 0. The Labute approximate surface area is 147 Å². The van der Waals surface area contributed by atoms with Crippen molar-refractivity contribution in [3.8, 4) is 0 Å². The molecule has 1 amide bonds. The van der Waals surface area contributed by atoms with Gasteiger partial charge in [0.2, 0.25) is 0 Å². The monoisotopic (exact) mass is 339 g/mol. The number of benzene rings is 2. The van der Waals surface area contributed by atoms with Crippen molar-refractivity contribution in [3.05, 3.63) is 65.2 Å². The first-order chi connectivity index (χ1) is 12.1. The number of nitrogens with one attached hydrogen (secondary N) is 2. The van der Waals surface area contributed by atoms with Crippen LogP contribution in [0.1, 0.15) is 21.5 Å². The number of aryl methyl sites for hydroxylation is 1. The molecule has 0 spiro atoms. The van der Waals surface area contributed by atoms with E-state index in [9.17, 15) is 9.59 Å². The molecule has 1 aliphatic heterocycles. The summed E-state index contributed by atoms with van der Waals surface area (Å²) in [6.45, 7) is 5.35. The number of hydrogen-bond donors (Lipinski definition) is 2. The van der Waals surface area contributed by atoms with Gasteiger partial charge in [0.05, 0.1) is 18.9 Å². The molecule has 2 aromatic rings. The summed E-state index contributed by atoms with van der Waals surface area (Å²) in [5, 5.41) is 2.91. The first kappa shape index (κ1) is 17.3. The van der Waals surface area contributed by atoms with Gasteiger partial charge >= 0.3 is 0 Å². The Bertz CT molecular complexity index is 753. The van der Waals surface area contributed by atoms with Crippen LogP contribution in [0.25, 0.3) is 0 Å². The lowest BCUT2D eigenvalue weighted by Crippen LogP contribution is -3.15. The summed E-state index contributed by atoms with van der Waals surface area (Å²) in [6, 6.07) is 14.7. The average molecular weight is 339 g/mol. The molecular weight excluding hydrogens is 316 g/mol. The molecule has 0 unspecified atom stereocenters. The summed E-state index contributed by atoms with van der Waals surface area (Å²) >= 11 is 0. The minimum Gasteiger partial charge on any atom is -0.370 e. The van der Waals surface area contributed by atoms with E-state index in [1.807, 2.05) is 37.3 Å². The topological polar surface area (TPSA) is 59.8 Å². The highest BCUT2D eigenvalue weighted by Crippen LogP contribution is 2.21. The highest BCUT2D eigenvalue weighted by Gasteiger charge is 2.20. The minimum absolute atomic E-state index is 0.0807. The lowest BCUT2D eigenvalue weighted by atomic mass is 9.99. The van der Waals surface area contributed by atoms with Crippen molar-refractivity contribution < 1.29 is 19.2 Å². The molecular formula is C20H23N2O3+. The lowest BCUT2D eigenvalue weighted by molar-refractivity contribution is -0.899. The second-order valence-corrected chi connectivity index (χ2v) is 6.33. The SMILES string of the molecule is Cc1ccc(NC(=O)C[NH+]2CCOCC2)c(C(=O)c2ccccc2)c1. The largest absolute Gasteiger partial charge is 0.370 e. The van der Waals surface area contributed by atoms with Gasteiger partial charge in [-0.15, -0.1) is 0 Å². The Hall–Kier alpha value is -2.50. The zero-order chi connectivity index (χ0) is 17.6. The van der Waals surface area contributed by atoms with Gasteiger partial charge in [-0.25, -0.2) is 0 Å². The third-order valence-electron chi connectivity index (χ3n) is 4.34. The number of amides is 1. The third-order valence-corrected chi connectivity index (χ3v) is 4.34. The highest BCUT2D eigenvalue weighted by molar-refractivity contribution is 6.14. The highest BCUT2D eigenvalue weighted by atomic mass is 16.5. The van der Waals surface area contributed by atoms with Crippen molar-refractivity contribution >= 4 is 17.4 Å². The molecule has 130 valence electrons. The van der Waals surface area contributed by atoms with Crippen molar-refractivity contribution in [1.29, 1.82) is 0 Å². The van der Waals surface area contributed by atoms with Crippen LogP contribution in [0, 0.1) is 6.92 Å². The molecule has 0 aliphatic carbocycles. The first-order valence-corrected chi connectivity index (χ1v) is 8.55. The smallest absolute Gasteiger partial charge is 0.279 e. The number of ether oxygens (including phenoxy) is 1. The maximum absolute atomic E-state index is 12.8. The van der Waals surface area contributed by atoms with Gasteiger partial charge in [-0.05, 0) is 19.1 Å². The van der Waals surface area contributed by atoms with E-state index in [4.69, 9.17) is 4.74 Å². The van der Waals surface area contributed by atoms with Gasteiger partial charge < -0.3 is 15.0 Å². The van der Waals surface area contributed by atoms with Crippen molar-refractivity contribution in [2.24, 2.45) is 0 Å². The van der Waals surface area contributed by atoms with E-state index in [1.54, 1.807) is 18.2 Å². The molecule has 0 atom stereocenters.